The van der Waals surface area contributed by atoms with Crippen molar-refractivity contribution in [3.05, 3.63) is 104 Å². The number of thioether (sulfide) groups is 1. The molecule has 0 aliphatic heterocycles. The van der Waals surface area contributed by atoms with Crippen molar-refractivity contribution >= 4 is 44.9 Å². The van der Waals surface area contributed by atoms with Crippen molar-refractivity contribution in [2.24, 2.45) is 0 Å². The largest absolute Gasteiger partial charge is 0.486 e. The second-order valence-corrected chi connectivity index (χ2v) is 9.55. The molecule has 5 rings (SSSR count). The van der Waals surface area contributed by atoms with Gasteiger partial charge in [-0.1, -0.05) is 23.4 Å². The van der Waals surface area contributed by atoms with E-state index in [0.717, 1.165) is 10.2 Å². The Hall–Kier alpha value is -3.08. The molecule has 0 aliphatic rings. The molecular weight excluding hydrogens is 542 g/mol. The van der Waals surface area contributed by atoms with Gasteiger partial charge in [0, 0.05) is 27.5 Å². The van der Waals surface area contributed by atoms with E-state index in [1.807, 2.05) is 22.8 Å². The van der Waals surface area contributed by atoms with Gasteiger partial charge in [-0.2, -0.15) is 0 Å². The third kappa shape index (κ3) is 5.19. The molecule has 0 atom stereocenters. The molecule has 8 nitrogen and oxygen atoms in total. The summed E-state index contributed by atoms with van der Waals surface area (Å²) in [5.41, 5.74) is 1.10. The quantitative estimate of drug-likeness (QED) is 0.242. The monoisotopic (exact) mass is 557 g/mol. The number of rotatable bonds is 8. The number of hydrogen-bond acceptors (Lipinski definition) is 7. The maximum Gasteiger partial charge on any atom is 0.258 e. The molecule has 5 aromatic rings. The van der Waals surface area contributed by atoms with Crippen LogP contribution in [-0.2, 0) is 18.9 Å². The normalized spacial score (nSPS) is 11.2. The third-order valence-electron chi connectivity index (χ3n) is 4.89. The molecule has 4 heterocycles. The van der Waals surface area contributed by atoms with Gasteiger partial charge in [-0.3, -0.25) is 13.8 Å². The smallest absolute Gasteiger partial charge is 0.258 e. The fraction of sp³-hybridized carbons (Fsp3) is 0.130. The van der Waals surface area contributed by atoms with E-state index in [-0.39, 0.29) is 12.2 Å². The van der Waals surface area contributed by atoms with Gasteiger partial charge in [-0.05, 0) is 64.5 Å². The van der Waals surface area contributed by atoms with Gasteiger partial charge in [0.2, 0.25) is 0 Å². The molecule has 34 heavy (non-hydrogen) atoms. The lowest BCUT2D eigenvalue weighted by Crippen LogP contribution is -2.15. The first-order valence-electron chi connectivity index (χ1n) is 10.2. The number of furan rings is 1. The minimum Gasteiger partial charge on any atom is -0.486 e. The minimum atomic E-state index is -0.143. The van der Waals surface area contributed by atoms with Gasteiger partial charge in [0.15, 0.2) is 11.0 Å². The molecule has 0 amide bonds. The van der Waals surface area contributed by atoms with E-state index in [9.17, 15) is 4.79 Å². The van der Waals surface area contributed by atoms with Gasteiger partial charge in [0.25, 0.3) is 5.56 Å². The Bertz CT molecular complexity index is 1490. The third-order valence-corrected chi connectivity index (χ3v) is 6.62. The number of hydrogen-bond donors (Lipinski definition) is 0. The topological polar surface area (TPSA) is 87.5 Å². The van der Waals surface area contributed by atoms with Crippen LogP contribution in [0.1, 0.15) is 17.3 Å². The zero-order chi connectivity index (χ0) is 23.5. The van der Waals surface area contributed by atoms with Crippen LogP contribution >= 0.6 is 39.3 Å². The highest BCUT2D eigenvalue weighted by Crippen LogP contribution is 2.24. The number of fused-ring (bicyclic) bond motifs is 1. The molecule has 0 spiro atoms. The van der Waals surface area contributed by atoms with Crippen LogP contribution in [0.25, 0.3) is 5.65 Å². The Kier molecular flexibility index (Phi) is 6.70. The predicted molar refractivity (Wildman–Crippen MR) is 132 cm³/mol. The number of pyridine rings is 1. The van der Waals surface area contributed by atoms with E-state index in [0.29, 0.717) is 45.4 Å². The van der Waals surface area contributed by atoms with Crippen LogP contribution in [0.15, 0.2) is 85.9 Å². The van der Waals surface area contributed by atoms with Crippen LogP contribution in [0, 0.1) is 0 Å². The molecule has 0 N–H and O–H groups in total. The molecular formula is C23H17BrClN5O3S. The predicted octanol–water partition coefficient (Wildman–Crippen LogP) is 5.21. The van der Waals surface area contributed by atoms with Crippen LogP contribution in [0.5, 0.6) is 5.75 Å². The lowest BCUT2D eigenvalue weighted by molar-refractivity contribution is 0.287. The molecule has 0 saturated carbocycles. The summed E-state index contributed by atoms with van der Waals surface area (Å²) in [7, 11) is 0. The van der Waals surface area contributed by atoms with Crippen LogP contribution in [0.3, 0.4) is 0 Å². The molecule has 0 unspecified atom stereocenters. The summed E-state index contributed by atoms with van der Waals surface area (Å²) >= 11 is 10.8. The summed E-state index contributed by atoms with van der Waals surface area (Å²) in [6.45, 7) is 0.670. The van der Waals surface area contributed by atoms with Crippen molar-refractivity contribution < 1.29 is 9.15 Å². The van der Waals surface area contributed by atoms with Gasteiger partial charge >= 0.3 is 0 Å². The van der Waals surface area contributed by atoms with E-state index in [1.165, 1.54) is 22.2 Å². The van der Waals surface area contributed by atoms with Gasteiger partial charge in [0.1, 0.15) is 23.8 Å². The summed E-state index contributed by atoms with van der Waals surface area (Å²) < 4.78 is 15.7. The van der Waals surface area contributed by atoms with Crippen LogP contribution in [-0.4, -0.2) is 24.1 Å². The Balaban J connectivity index is 1.37. The van der Waals surface area contributed by atoms with Crippen molar-refractivity contribution in [3.8, 4) is 5.75 Å². The molecule has 0 saturated heterocycles. The molecule has 172 valence electrons. The maximum atomic E-state index is 12.5. The van der Waals surface area contributed by atoms with Gasteiger partial charge in [-0.15, -0.1) is 10.2 Å². The number of ether oxygens (including phenoxy) is 1. The molecule has 0 fully saturated rings. The Morgan fingerprint density at radius 2 is 1.97 bits per heavy atom. The summed E-state index contributed by atoms with van der Waals surface area (Å²) in [5, 5.41) is 9.99. The van der Waals surface area contributed by atoms with Crippen molar-refractivity contribution in [3.63, 3.8) is 0 Å². The van der Waals surface area contributed by atoms with E-state index in [1.54, 1.807) is 42.8 Å². The standard InChI is InChI=1S/C23H17BrClN5O3S/c24-15-3-8-20-26-17(10-22(31)29(20)11-15)14-34-23-28-27-21(30(23)12-19-2-1-9-32-19)13-33-18-6-4-16(25)5-7-18/h1-11H,12-14H2. The number of halogens is 2. The van der Waals surface area contributed by atoms with Crippen molar-refractivity contribution in [1.29, 1.82) is 0 Å². The molecule has 0 aliphatic carbocycles. The minimum absolute atomic E-state index is 0.143. The molecule has 0 radical (unpaired) electrons. The lowest BCUT2D eigenvalue weighted by atomic mass is 10.3. The number of benzene rings is 1. The van der Waals surface area contributed by atoms with E-state index >= 15 is 0 Å². The van der Waals surface area contributed by atoms with E-state index < -0.39 is 0 Å². The van der Waals surface area contributed by atoms with Crippen molar-refractivity contribution in [2.45, 2.75) is 24.1 Å². The highest BCUT2D eigenvalue weighted by atomic mass is 79.9. The molecule has 11 heteroatoms. The van der Waals surface area contributed by atoms with Crippen molar-refractivity contribution in [1.82, 2.24) is 24.1 Å². The second kappa shape index (κ2) is 10.0. The lowest BCUT2D eigenvalue weighted by Gasteiger charge is -2.10. The fourth-order valence-electron chi connectivity index (χ4n) is 3.27. The number of aromatic nitrogens is 5. The average Bonchev–Trinajstić information content (AvgIpc) is 3.48. The summed E-state index contributed by atoms with van der Waals surface area (Å²) in [6, 6.07) is 16.0. The Morgan fingerprint density at radius 1 is 1.12 bits per heavy atom. The zero-order valence-corrected chi connectivity index (χ0v) is 20.8. The van der Waals surface area contributed by atoms with Gasteiger partial charge < -0.3 is 9.15 Å². The van der Waals surface area contributed by atoms with Crippen LogP contribution in [0.2, 0.25) is 5.02 Å². The average molecular weight is 559 g/mol. The SMILES string of the molecule is O=c1cc(CSc2nnc(COc3ccc(Cl)cc3)n2Cc2ccco2)nc2ccc(Br)cn12. The Morgan fingerprint density at radius 3 is 2.76 bits per heavy atom. The summed E-state index contributed by atoms with van der Waals surface area (Å²) in [4.78, 5) is 17.1. The number of nitrogens with zero attached hydrogens (tertiary/aromatic N) is 5. The summed E-state index contributed by atoms with van der Waals surface area (Å²) in [6.07, 6.45) is 3.33. The molecule has 1 aromatic carbocycles. The highest BCUT2D eigenvalue weighted by molar-refractivity contribution is 9.10. The van der Waals surface area contributed by atoms with Gasteiger partial charge in [-0.25, -0.2) is 4.98 Å². The van der Waals surface area contributed by atoms with E-state index in [2.05, 4.69) is 31.1 Å². The zero-order valence-electron chi connectivity index (χ0n) is 17.6. The van der Waals surface area contributed by atoms with Crippen molar-refractivity contribution in [2.75, 3.05) is 0 Å². The first-order valence-corrected chi connectivity index (χ1v) is 12.3. The van der Waals surface area contributed by atoms with Crippen LogP contribution < -0.4 is 10.3 Å². The second-order valence-electron chi connectivity index (χ2n) is 7.26. The molecule has 0 bridgehead atoms. The Labute approximate surface area is 211 Å². The van der Waals surface area contributed by atoms with Crippen LogP contribution in [0.4, 0.5) is 0 Å². The first kappa shape index (κ1) is 22.7. The first-order chi connectivity index (χ1) is 16.5. The highest BCUT2D eigenvalue weighted by Gasteiger charge is 2.16. The van der Waals surface area contributed by atoms with E-state index in [4.69, 9.17) is 20.8 Å². The molecule has 4 aromatic heterocycles. The van der Waals surface area contributed by atoms with Gasteiger partial charge in [0.05, 0.1) is 18.5 Å². The fourth-order valence-corrected chi connectivity index (χ4v) is 4.58. The summed E-state index contributed by atoms with van der Waals surface area (Å²) in [5.74, 6) is 2.54. The maximum absolute atomic E-state index is 12.5.